The summed E-state index contributed by atoms with van der Waals surface area (Å²) in [5.41, 5.74) is 3.71. The van der Waals surface area contributed by atoms with E-state index < -0.39 is 21.1 Å². The van der Waals surface area contributed by atoms with Gasteiger partial charge in [0.05, 0.1) is 8.07 Å². The van der Waals surface area contributed by atoms with E-state index in [-0.39, 0.29) is 0 Å². The summed E-state index contributed by atoms with van der Waals surface area (Å²) in [4.78, 5) is 0. The quantitative estimate of drug-likeness (QED) is 0.296. The summed E-state index contributed by atoms with van der Waals surface area (Å²) in [6.45, 7) is 4.35. The predicted molar refractivity (Wildman–Crippen MR) is 121 cm³/mol. The largest absolute Gasteiger partial charge is 0.488 e. The molecule has 3 rings (SSSR count). The van der Waals surface area contributed by atoms with E-state index in [0.29, 0.717) is 11.7 Å². The summed E-state index contributed by atoms with van der Waals surface area (Å²) in [5, 5.41) is 0. The highest BCUT2D eigenvalue weighted by Crippen LogP contribution is 2.41. The average Bonchev–Trinajstić information content (AvgIpc) is 2.73. The van der Waals surface area contributed by atoms with Crippen molar-refractivity contribution in [1.82, 2.24) is 0 Å². The third-order valence-electron chi connectivity index (χ3n) is 6.52. The first-order valence-corrected chi connectivity index (χ1v) is 14.2. The summed E-state index contributed by atoms with van der Waals surface area (Å²) in [5.74, 6) is 1.19. The molecule has 1 aliphatic rings. The second-order valence-corrected chi connectivity index (χ2v) is 14.0. The van der Waals surface area contributed by atoms with Gasteiger partial charge in [0.25, 0.3) is 6.43 Å². The summed E-state index contributed by atoms with van der Waals surface area (Å²) in [7, 11) is -0.990. The molecular weight excluding hydrogens is 382 g/mol. The molecule has 4 heteroatoms. The Hall–Kier alpha value is -1.68. The van der Waals surface area contributed by atoms with Gasteiger partial charge in [-0.1, -0.05) is 87.3 Å². The lowest BCUT2D eigenvalue weighted by atomic mass is 9.92. The van der Waals surface area contributed by atoms with Crippen LogP contribution in [0.4, 0.5) is 8.78 Å². The van der Waals surface area contributed by atoms with Crippen LogP contribution in [0.15, 0.2) is 48.5 Å². The molecule has 29 heavy (non-hydrogen) atoms. The number of ether oxygens (including phenoxy) is 1. The normalized spacial score (nSPS) is 22.0. The molecule has 0 amide bonds. The smallest absolute Gasteiger partial charge is 0.272 e. The number of hydrogen-bond donors (Lipinski definition) is 0. The van der Waals surface area contributed by atoms with Gasteiger partial charge in [0.1, 0.15) is 12.4 Å². The van der Waals surface area contributed by atoms with Crippen molar-refractivity contribution < 1.29 is 13.5 Å². The van der Waals surface area contributed by atoms with E-state index in [9.17, 15) is 8.78 Å². The van der Waals surface area contributed by atoms with Crippen molar-refractivity contribution in [1.29, 1.82) is 0 Å². The van der Waals surface area contributed by atoms with Crippen molar-refractivity contribution >= 4 is 8.07 Å². The molecule has 0 saturated carbocycles. The third-order valence-corrected chi connectivity index (χ3v) is 11.1. The molecule has 2 aromatic carbocycles. The zero-order valence-electron chi connectivity index (χ0n) is 17.8. The van der Waals surface area contributed by atoms with Crippen molar-refractivity contribution in [2.75, 3.05) is 6.61 Å². The molecule has 1 aliphatic heterocycles. The Bertz CT molecular complexity index is 734. The topological polar surface area (TPSA) is 9.23 Å². The number of unbranched alkanes of at least 4 members (excludes halogenated alkanes) is 2. The molecule has 1 heterocycles. The Balaban J connectivity index is 1.55. The first-order chi connectivity index (χ1) is 14.0. The molecule has 1 fully saturated rings. The molecule has 1 nitrogen and oxygen atoms in total. The lowest BCUT2D eigenvalue weighted by molar-refractivity contribution is 0.0819. The van der Waals surface area contributed by atoms with Gasteiger partial charge in [-0.15, -0.1) is 0 Å². The molecule has 0 atom stereocenters. The Morgan fingerprint density at radius 3 is 2.07 bits per heavy atom. The standard InChI is InChI=1S/C25H34F2OSi/c1-3-4-5-16-29(2)17-14-23(15-18-29)21-8-6-20(7-9-21)22-10-12-24(13-11-22)28-19-25(26)27/h6-13,23,25H,3-5,14-19H2,1-2H3. The van der Waals surface area contributed by atoms with Gasteiger partial charge in [-0.3, -0.25) is 0 Å². The monoisotopic (exact) mass is 416 g/mol. The Morgan fingerprint density at radius 2 is 1.52 bits per heavy atom. The van der Waals surface area contributed by atoms with Gasteiger partial charge in [-0.25, -0.2) is 8.78 Å². The zero-order chi connectivity index (χ0) is 20.7. The molecule has 0 N–H and O–H groups in total. The van der Waals surface area contributed by atoms with Crippen LogP contribution < -0.4 is 4.74 Å². The van der Waals surface area contributed by atoms with Crippen molar-refractivity contribution in [3.8, 4) is 16.9 Å². The summed E-state index contributed by atoms with van der Waals surface area (Å²) < 4.78 is 29.5. The van der Waals surface area contributed by atoms with E-state index in [2.05, 4.69) is 37.7 Å². The number of benzene rings is 2. The van der Waals surface area contributed by atoms with Gasteiger partial charge < -0.3 is 4.74 Å². The van der Waals surface area contributed by atoms with Crippen LogP contribution in [0.5, 0.6) is 5.75 Å². The number of halogens is 2. The van der Waals surface area contributed by atoms with Gasteiger partial charge >= 0.3 is 0 Å². The van der Waals surface area contributed by atoms with Gasteiger partial charge in [-0.05, 0) is 47.6 Å². The maximum atomic E-state index is 12.2. The van der Waals surface area contributed by atoms with Gasteiger partial charge in [-0.2, -0.15) is 0 Å². The van der Waals surface area contributed by atoms with Crippen molar-refractivity contribution in [2.24, 2.45) is 0 Å². The maximum absolute atomic E-state index is 12.2. The highest BCUT2D eigenvalue weighted by Gasteiger charge is 2.32. The highest BCUT2D eigenvalue weighted by molar-refractivity contribution is 6.78. The van der Waals surface area contributed by atoms with E-state index in [4.69, 9.17) is 4.74 Å². The second kappa shape index (κ2) is 10.4. The zero-order valence-corrected chi connectivity index (χ0v) is 18.8. The van der Waals surface area contributed by atoms with Gasteiger partial charge in [0, 0.05) is 0 Å². The highest BCUT2D eigenvalue weighted by atomic mass is 28.3. The molecule has 0 aromatic heterocycles. The maximum Gasteiger partial charge on any atom is 0.272 e. The molecule has 0 radical (unpaired) electrons. The molecule has 0 unspecified atom stereocenters. The first kappa shape index (κ1) is 22.0. The van der Waals surface area contributed by atoms with Gasteiger partial charge in [0.2, 0.25) is 0 Å². The number of alkyl halides is 2. The van der Waals surface area contributed by atoms with Crippen molar-refractivity contribution in [3.05, 3.63) is 54.1 Å². The summed E-state index contributed by atoms with van der Waals surface area (Å²) >= 11 is 0. The van der Waals surface area contributed by atoms with E-state index in [1.54, 1.807) is 12.1 Å². The third kappa shape index (κ3) is 6.40. The lowest BCUT2D eigenvalue weighted by Gasteiger charge is -2.36. The fourth-order valence-electron chi connectivity index (χ4n) is 4.55. The summed E-state index contributed by atoms with van der Waals surface area (Å²) in [6.07, 6.45) is 4.41. The Labute approximate surface area is 175 Å². The Kier molecular flexibility index (Phi) is 7.88. The van der Waals surface area contributed by atoms with Crippen molar-refractivity contribution in [3.63, 3.8) is 0 Å². The van der Waals surface area contributed by atoms with Crippen molar-refractivity contribution in [2.45, 2.75) is 76.1 Å². The molecule has 1 saturated heterocycles. The van der Waals surface area contributed by atoms with E-state index in [1.165, 1.54) is 55.8 Å². The number of rotatable bonds is 9. The molecule has 0 spiro atoms. The molecular formula is C25H34F2OSi. The van der Waals surface area contributed by atoms with Crippen LogP contribution in [0.25, 0.3) is 11.1 Å². The Morgan fingerprint density at radius 1 is 0.931 bits per heavy atom. The van der Waals surface area contributed by atoms with E-state index in [1.807, 2.05) is 12.1 Å². The van der Waals surface area contributed by atoms with E-state index in [0.717, 1.165) is 11.1 Å². The van der Waals surface area contributed by atoms with Crippen LogP contribution >= 0.6 is 0 Å². The van der Waals surface area contributed by atoms with Crippen LogP contribution in [-0.4, -0.2) is 21.1 Å². The predicted octanol–water partition coefficient (Wildman–Crippen LogP) is 8.14. The van der Waals surface area contributed by atoms with Crippen LogP contribution in [0.2, 0.25) is 24.7 Å². The summed E-state index contributed by atoms with van der Waals surface area (Å²) in [6, 6.07) is 20.8. The molecule has 0 aliphatic carbocycles. The molecule has 158 valence electrons. The van der Waals surface area contributed by atoms with Gasteiger partial charge in [0.15, 0.2) is 0 Å². The molecule has 2 aromatic rings. The lowest BCUT2D eigenvalue weighted by Crippen LogP contribution is -2.34. The first-order valence-electron chi connectivity index (χ1n) is 11.1. The second-order valence-electron chi connectivity index (χ2n) is 8.89. The van der Waals surface area contributed by atoms with Crippen LogP contribution in [0, 0.1) is 0 Å². The SMILES string of the molecule is CCCCC[Si]1(C)CCC(c2ccc(-c3ccc(OCC(F)F)cc3)cc2)CC1. The minimum Gasteiger partial charge on any atom is -0.488 e. The van der Waals surface area contributed by atoms with Crippen LogP contribution in [0.3, 0.4) is 0 Å². The molecule has 0 bridgehead atoms. The number of hydrogen-bond acceptors (Lipinski definition) is 1. The minimum absolute atomic E-state index is 0.485. The van der Waals surface area contributed by atoms with Crippen LogP contribution in [-0.2, 0) is 0 Å². The average molecular weight is 417 g/mol. The van der Waals surface area contributed by atoms with E-state index >= 15 is 0 Å². The fourth-order valence-corrected chi connectivity index (χ4v) is 8.49. The van der Waals surface area contributed by atoms with Crippen LogP contribution in [0.1, 0.15) is 50.5 Å². The fraction of sp³-hybridized carbons (Fsp3) is 0.520. The minimum atomic E-state index is -2.45.